The zero-order valence-electron chi connectivity index (χ0n) is 11.5. The van der Waals surface area contributed by atoms with E-state index in [1.54, 1.807) is 0 Å². The van der Waals surface area contributed by atoms with Gasteiger partial charge in [0.2, 0.25) is 5.91 Å². The molecule has 0 bridgehead atoms. The van der Waals surface area contributed by atoms with Gasteiger partial charge in [0.05, 0.1) is 6.04 Å². The summed E-state index contributed by atoms with van der Waals surface area (Å²) in [6.07, 6.45) is 3.25. The number of amides is 1. The lowest BCUT2D eigenvalue weighted by atomic mass is 10.0. The molecule has 3 heteroatoms. The van der Waals surface area contributed by atoms with Gasteiger partial charge in [0.1, 0.15) is 0 Å². The average Bonchev–Trinajstić information content (AvgIpc) is 2.34. The Bertz CT molecular complexity index is 425. The largest absolute Gasteiger partial charge is 0.324 e. The van der Waals surface area contributed by atoms with Crippen molar-refractivity contribution in [2.24, 2.45) is 0 Å². The lowest BCUT2D eigenvalue weighted by Crippen LogP contribution is -2.43. The highest BCUT2D eigenvalue weighted by Crippen LogP contribution is 2.22. The van der Waals surface area contributed by atoms with E-state index in [1.807, 2.05) is 13.8 Å². The molecule has 1 aliphatic heterocycles. The van der Waals surface area contributed by atoms with Gasteiger partial charge in [0.15, 0.2) is 0 Å². The molecule has 1 aliphatic rings. The number of carbonyl (C=O) groups excluding carboxylic acids is 1. The lowest BCUT2D eigenvalue weighted by Gasteiger charge is -2.23. The van der Waals surface area contributed by atoms with Gasteiger partial charge in [-0.1, -0.05) is 24.1 Å². The predicted octanol–water partition coefficient (Wildman–Crippen LogP) is 2.69. The van der Waals surface area contributed by atoms with Crippen molar-refractivity contribution in [3.05, 3.63) is 28.8 Å². The van der Waals surface area contributed by atoms with Crippen LogP contribution in [0.3, 0.4) is 0 Å². The quantitative estimate of drug-likeness (QED) is 0.842. The number of nitrogens with one attached hydrogen (secondary N) is 2. The fourth-order valence-electron chi connectivity index (χ4n) is 2.66. The van der Waals surface area contributed by atoms with Crippen molar-refractivity contribution in [3.8, 4) is 0 Å². The molecule has 98 valence electrons. The Kier molecular flexibility index (Phi) is 4.02. The van der Waals surface area contributed by atoms with E-state index in [0.29, 0.717) is 0 Å². The fourth-order valence-corrected chi connectivity index (χ4v) is 2.66. The molecule has 0 saturated carbocycles. The van der Waals surface area contributed by atoms with Crippen LogP contribution in [0.5, 0.6) is 0 Å². The van der Waals surface area contributed by atoms with Gasteiger partial charge in [0, 0.05) is 5.69 Å². The molecule has 2 rings (SSSR count). The molecule has 3 nitrogen and oxygen atoms in total. The van der Waals surface area contributed by atoms with E-state index in [9.17, 15) is 4.79 Å². The molecule has 0 spiro atoms. The van der Waals surface area contributed by atoms with Gasteiger partial charge >= 0.3 is 0 Å². The van der Waals surface area contributed by atoms with Crippen LogP contribution < -0.4 is 10.6 Å². The van der Waals surface area contributed by atoms with Crippen LogP contribution in [-0.4, -0.2) is 18.5 Å². The number of anilines is 1. The maximum atomic E-state index is 12.2. The van der Waals surface area contributed by atoms with Gasteiger partial charge in [-0.2, -0.15) is 0 Å². The van der Waals surface area contributed by atoms with Gasteiger partial charge in [-0.25, -0.2) is 0 Å². The van der Waals surface area contributed by atoms with Crippen molar-refractivity contribution in [1.82, 2.24) is 5.32 Å². The Hall–Kier alpha value is -1.35. The lowest BCUT2D eigenvalue weighted by molar-refractivity contribution is -0.118. The average molecular weight is 246 g/mol. The van der Waals surface area contributed by atoms with Crippen molar-refractivity contribution < 1.29 is 4.79 Å². The summed E-state index contributed by atoms with van der Waals surface area (Å²) in [6, 6.07) is 4.19. The Morgan fingerprint density at radius 1 is 1.22 bits per heavy atom. The van der Waals surface area contributed by atoms with Crippen molar-refractivity contribution in [1.29, 1.82) is 0 Å². The minimum Gasteiger partial charge on any atom is -0.324 e. The zero-order chi connectivity index (χ0) is 13.1. The van der Waals surface area contributed by atoms with E-state index in [-0.39, 0.29) is 11.9 Å². The van der Waals surface area contributed by atoms with Gasteiger partial charge in [0.25, 0.3) is 0 Å². The van der Waals surface area contributed by atoms with Crippen LogP contribution >= 0.6 is 0 Å². The minimum absolute atomic E-state index is 0.0288. The van der Waals surface area contributed by atoms with Gasteiger partial charge in [-0.15, -0.1) is 0 Å². The highest BCUT2D eigenvalue weighted by Gasteiger charge is 2.21. The number of rotatable bonds is 2. The van der Waals surface area contributed by atoms with Crippen LogP contribution in [0.2, 0.25) is 0 Å². The van der Waals surface area contributed by atoms with Crippen LogP contribution in [-0.2, 0) is 4.79 Å². The highest BCUT2D eigenvalue weighted by atomic mass is 16.2. The smallest absolute Gasteiger partial charge is 0.241 e. The number of piperidine rings is 1. The third-order valence-corrected chi connectivity index (χ3v) is 3.55. The van der Waals surface area contributed by atoms with E-state index in [4.69, 9.17) is 0 Å². The van der Waals surface area contributed by atoms with Gasteiger partial charge < -0.3 is 10.6 Å². The van der Waals surface area contributed by atoms with Gasteiger partial charge in [-0.3, -0.25) is 4.79 Å². The standard InChI is InChI=1S/C15H22N2O/c1-10-8-11(2)14(12(3)9-10)17-15(18)13-6-4-5-7-16-13/h8-9,13,16H,4-7H2,1-3H3,(H,17,18)/t13-/m1/s1. The van der Waals surface area contributed by atoms with E-state index >= 15 is 0 Å². The maximum absolute atomic E-state index is 12.2. The monoisotopic (exact) mass is 246 g/mol. The Morgan fingerprint density at radius 3 is 2.44 bits per heavy atom. The Balaban J connectivity index is 2.11. The fraction of sp³-hybridized carbons (Fsp3) is 0.533. The summed E-state index contributed by atoms with van der Waals surface area (Å²) in [6.45, 7) is 7.12. The maximum Gasteiger partial charge on any atom is 0.241 e. The second-order valence-corrected chi connectivity index (χ2v) is 5.27. The molecule has 1 atom stereocenters. The third-order valence-electron chi connectivity index (χ3n) is 3.55. The summed E-state index contributed by atoms with van der Waals surface area (Å²) in [5.74, 6) is 0.102. The third kappa shape index (κ3) is 2.91. The van der Waals surface area contributed by atoms with Crippen molar-refractivity contribution in [3.63, 3.8) is 0 Å². The molecule has 1 aromatic carbocycles. The zero-order valence-corrected chi connectivity index (χ0v) is 11.5. The van der Waals surface area contributed by atoms with Crippen LogP contribution in [0.15, 0.2) is 12.1 Å². The normalized spacial score (nSPS) is 19.6. The molecular formula is C15H22N2O. The summed E-state index contributed by atoms with van der Waals surface area (Å²) in [4.78, 5) is 12.2. The second kappa shape index (κ2) is 5.53. The van der Waals surface area contributed by atoms with Crippen molar-refractivity contribution >= 4 is 11.6 Å². The van der Waals surface area contributed by atoms with E-state index in [0.717, 1.165) is 36.2 Å². The summed E-state index contributed by atoms with van der Waals surface area (Å²) < 4.78 is 0. The summed E-state index contributed by atoms with van der Waals surface area (Å²) >= 11 is 0. The number of hydrogen-bond acceptors (Lipinski definition) is 2. The first-order valence-corrected chi connectivity index (χ1v) is 6.70. The van der Waals surface area contributed by atoms with Crippen molar-refractivity contribution in [2.45, 2.75) is 46.1 Å². The molecule has 0 aliphatic carbocycles. The van der Waals surface area contributed by atoms with Crippen LogP contribution in [0.1, 0.15) is 36.0 Å². The van der Waals surface area contributed by atoms with E-state index in [1.165, 1.54) is 12.0 Å². The van der Waals surface area contributed by atoms with Gasteiger partial charge in [-0.05, 0) is 51.3 Å². The molecule has 0 radical (unpaired) electrons. The molecule has 1 amide bonds. The first kappa shape index (κ1) is 13.1. The molecule has 0 aromatic heterocycles. The van der Waals surface area contributed by atoms with Crippen LogP contribution in [0.25, 0.3) is 0 Å². The molecule has 1 saturated heterocycles. The Labute approximate surface area is 109 Å². The summed E-state index contributed by atoms with van der Waals surface area (Å²) in [7, 11) is 0. The predicted molar refractivity (Wildman–Crippen MR) is 74.9 cm³/mol. The minimum atomic E-state index is -0.0288. The number of aryl methyl sites for hydroxylation is 3. The van der Waals surface area contributed by atoms with E-state index in [2.05, 4.69) is 29.7 Å². The van der Waals surface area contributed by atoms with E-state index < -0.39 is 0 Å². The molecule has 1 aromatic rings. The molecule has 18 heavy (non-hydrogen) atoms. The second-order valence-electron chi connectivity index (χ2n) is 5.27. The molecule has 1 fully saturated rings. The number of benzene rings is 1. The summed E-state index contributed by atoms with van der Waals surface area (Å²) in [5, 5.41) is 6.35. The van der Waals surface area contributed by atoms with Crippen LogP contribution in [0, 0.1) is 20.8 Å². The SMILES string of the molecule is Cc1cc(C)c(NC(=O)[C@H]2CCCCN2)c(C)c1. The number of hydrogen-bond donors (Lipinski definition) is 2. The molecule has 2 N–H and O–H groups in total. The molecule has 0 unspecified atom stereocenters. The first-order chi connectivity index (χ1) is 8.58. The first-order valence-electron chi connectivity index (χ1n) is 6.70. The topological polar surface area (TPSA) is 41.1 Å². The van der Waals surface area contributed by atoms with Crippen molar-refractivity contribution in [2.75, 3.05) is 11.9 Å². The summed E-state index contributed by atoms with van der Waals surface area (Å²) in [5.41, 5.74) is 4.48. The number of carbonyl (C=O) groups is 1. The highest BCUT2D eigenvalue weighted by molar-refractivity contribution is 5.96. The van der Waals surface area contributed by atoms with Crippen LogP contribution in [0.4, 0.5) is 5.69 Å². The molecular weight excluding hydrogens is 224 g/mol. The molecule has 1 heterocycles. The Morgan fingerprint density at radius 2 is 1.89 bits per heavy atom.